The molecule has 1 N–H and O–H groups in total. The van der Waals surface area contributed by atoms with Crippen molar-refractivity contribution in [2.75, 3.05) is 26.2 Å². The lowest BCUT2D eigenvalue weighted by Crippen LogP contribution is -2.62. The number of likely N-dealkylation sites (tertiary alicyclic amines) is 2. The Labute approximate surface area is 176 Å². The van der Waals surface area contributed by atoms with Gasteiger partial charge in [-0.3, -0.25) is 14.3 Å². The molecule has 0 unspecified atom stereocenters. The molecule has 3 aromatic rings. The Morgan fingerprint density at radius 3 is 2.40 bits per heavy atom. The number of fused-ring (bicyclic) bond motifs is 1. The van der Waals surface area contributed by atoms with Crippen LogP contribution in [0.3, 0.4) is 0 Å². The van der Waals surface area contributed by atoms with Crippen LogP contribution in [0.2, 0.25) is 0 Å². The second kappa shape index (κ2) is 8.11. The number of piperidine rings is 1. The number of carbonyl (C=O) groups is 1. The first-order chi connectivity index (χ1) is 14.7. The minimum atomic E-state index is -0.00604. The van der Waals surface area contributed by atoms with Crippen molar-refractivity contribution in [3.63, 3.8) is 0 Å². The monoisotopic (exact) mass is 404 g/mol. The highest BCUT2D eigenvalue weighted by Gasteiger charge is 2.36. The average molecular weight is 405 g/mol. The zero-order valence-electron chi connectivity index (χ0n) is 17.2. The number of aromatic amines is 1. The van der Waals surface area contributed by atoms with Gasteiger partial charge < -0.3 is 9.88 Å². The summed E-state index contributed by atoms with van der Waals surface area (Å²) < 4.78 is 1.94. The molecule has 0 bridgehead atoms. The predicted molar refractivity (Wildman–Crippen MR) is 118 cm³/mol. The van der Waals surface area contributed by atoms with Crippen LogP contribution in [-0.4, -0.2) is 57.5 Å². The molecule has 156 valence electrons. The van der Waals surface area contributed by atoms with Crippen LogP contribution in [0.15, 0.2) is 59.4 Å². The SMILES string of the molecule is O=C(CCc1ccccc1)N1CC(N2CCC(n3c(=O)[nH]c4ccccc43)CC2)C1. The smallest absolute Gasteiger partial charge is 0.326 e. The van der Waals surface area contributed by atoms with Gasteiger partial charge >= 0.3 is 5.69 Å². The third-order valence-corrected chi connectivity index (χ3v) is 6.69. The molecule has 0 saturated carbocycles. The molecule has 2 aliphatic heterocycles. The van der Waals surface area contributed by atoms with Crippen LogP contribution in [0.5, 0.6) is 0 Å². The third kappa shape index (κ3) is 3.67. The number of hydrogen-bond donors (Lipinski definition) is 1. The number of imidazole rings is 1. The van der Waals surface area contributed by atoms with Crippen LogP contribution in [0.1, 0.15) is 30.9 Å². The van der Waals surface area contributed by atoms with E-state index >= 15 is 0 Å². The molecule has 2 saturated heterocycles. The first-order valence-electron chi connectivity index (χ1n) is 10.9. The molecular formula is C24H28N4O2. The third-order valence-electron chi connectivity index (χ3n) is 6.69. The molecule has 1 amide bonds. The summed E-state index contributed by atoms with van der Waals surface area (Å²) >= 11 is 0. The van der Waals surface area contributed by atoms with Crippen LogP contribution in [-0.2, 0) is 11.2 Å². The van der Waals surface area contributed by atoms with Crippen molar-refractivity contribution >= 4 is 16.9 Å². The Hall–Kier alpha value is -2.86. The molecule has 6 heteroatoms. The van der Waals surface area contributed by atoms with Crippen molar-refractivity contribution in [2.45, 2.75) is 37.8 Å². The molecule has 3 heterocycles. The molecule has 30 heavy (non-hydrogen) atoms. The normalized spacial score (nSPS) is 18.6. The van der Waals surface area contributed by atoms with Gasteiger partial charge in [0.25, 0.3) is 0 Å². The molecule has 0 atom stereocenters. The van der Waals surface area contributed by atoms with Crippen molar-refractivity contribution < 1.29 is 4.79 Å². The van der Waals surface area contributed by atoms with Gasteiger partial charge in [-0.1, -0.05) is 42.5 Å². The number of benzene rings is 2. The van der Waals surface area contributed by atoms with Crippen molar-refractivity contribution in [1.29, 1.82) is 0 Å². The zero-order valence-corrected chi connectivity index (χ0v) is 17.2. The number of aryl methyl sites for hydroxylation is 1. The van der Waals surface area contributed by atoms with E-state index in [4.69, 9.17) is 0 Å². The molecule has 0 radical (unpaired) electrons. The maximum absolute atomic E-state index is 12.5. The quantitative estimate of drug-likeness (QED) is 0.711. The van der Waals surface area contributed by atoms with E-state index in [9.17, 15) is 9.59 Å². The predicted octanol–water partition coefficient (Wildman–Crippen LogP) is 2.81. The second-order valence-electron chi connectivity index (χ2n) is 8.52. The summed E-state index contributed by atoms with van der Waals surface area (Å²) in [7, 11) is 0. The van der Waals surface area contributed by atoms with Crippen LogP contribution in [0, 0.1) is 0 Å². The van der Waals surface area contributed by atoms with Crippen molar-refractivity contribution in [3.8, 4) is 0 Å². The number of carbonyl (C=O) groups excluding carboxylic acids is 1. The second-order valence-corrected chi connectivity index (χ2v) is 8.52. The van der Waals surface area contributed by atoms with E-state index in [1.165, 1.54) is 5.56 Å². The van der Waals surface area contributed by atoms with Gasteiger partial charge in [0.2, 0.25) is 5.91 Å². The zero-order chi connectivity index (χ0) is 20.5. The lowest BCUT2D eigenvalue weighted by molar-refractivity contribution is -0.139. The lowest BCUT2D eigenvalue weighted by atomic mass is 9.98. The van der Waals surface area contributed by atoms with Crippen molar-refractivity contribution in [2.24, 2.45) is 0 Å². The number of aromatic nitrogens is 2. The Kier molecular flexibility index (Phi) is 5.17. The van der Waals surface area contributed by atoms with Crippen molar-refractivity contribution in [3.05, 3.63) is 70.6 Å². The largest absolute Gasteiger partial charge is 0.339 e. The van der Waals surface area contributed by atoms with E-state index in [1.54, 1.807) is 0 Å². The fraction of sp³-hybridized carbons (Fsp3) is 0.417. The standard InChI is InChI=1S/C24H28N4O2/c29-23(11-10-18-6-2-1-3-7-18)27-16-20(17-27)26-14-12-19(13-15-26)28-22-9-5-4-8-21(22)25-24(28)30/h1-9,19-20H,10-17H2,(H,25,30). The average Bonchev–Trinajstić information content (AvgIpc) is 3.08. The summed E-state index contributed by atoms with van der Waals surface area (Å²) in [6, 6.07) is 18.8. The van der Waals surface area contributed by atoms with Crippen LogP contribution in [0.25, 0.3) is 11.0 Å². The van der Waals surface area contributed by atoms with Crippen LogP contribution >= 0.6 is 0 Å². The fourth-order valence-electron chi connectivity index (χ4n) is 4.89. The number of hydrogen-bond acceptors (Lipinski definition) is 3. The Balaban J connectivity index is 1.12. The molecular weight excluding hydrogens is 376 g/mol. The topological polar surface area (TPSA) is 61.3 Å². The summed E-state index contributed by atoms with van der Waals surface area (Å²) in [5.74, 6) is 0.260. The van der Waals surface area contributed by atoms with Gasteiger partial charge in [0.1, 0.15) is 0 Å². The van der Waals surface area contributed by atoms with E-state index in [0.29, 0.717) is 12.5 Å². The summed E-state index contributed by atoms with van der Waals surface area (Å²) in [6.07, 6.45) is 3.34. The van der Waals surface area contributed by atoms with E-state index < -0.39 is 0 Å². The highest BCUT2D eigenvalue weighted by atomic mass is 16.2. The minimum absolute atomic E-state index is 0.00604. The van der Waals surface area contributed by atoms with Gasteiger partial charge in [-0.25, -0.2) is 4.79 Å². The number of para-hydroxylation sites is 2. The Bertz CT molecular complexity index is 1070. The number of amides is 1. The van der Waals surface area contributed by atoms with Gasteiger partial charge in [-0.05, 0) is 37.0 Å². The van der Waals surface area contributed by atoms with Crippen molar-refractivity contribution in [1.82, 2.24) is 19.4 Å². The maximum Gasteiger partial charge on any atom is 0.326 e. The Morgan fingerprint density at radius 2 is 1.63 bits per heavy atom. The maximum atomic E-state index is 12.5. The lowest BCUT2D eigenvalue weighted by Gasteiger charge is -2.47. The minimum Gasteiger partial charge on any atom is -0.339 e. The molecule has 1 aromatic heterocycles. The molecule has 0 spiro atoms. The van der Waals surface area contributed by atoms with Gasteiger partial charge in [0.15, 0.2) is 0 Å². The Morgan fingerprint density at radius 1 is 0.933 bits per heavy atom. The number of rotatable bonds is 5. The van der Waals surface area contributed by atoms with Crippen LogP contribution < -0.4 is 5.69 Å². The van der Waals surface area contributed by atoms with E-state index in [0.717, 1.165) is 56.5 Å². The fourth-order valence-corrected chi connectivity index (χ4v) is 4.89. The number of nitrogens with zero attached hydrogens (tertiary/aromatic N) is 3. The first kappa shape index (κ1) is 19.1. The van der Waals surface area contributed by atoms with Gasteiger partial charge in [0, 0.05) is 44.7 Å². The molecule has 6 nitrogen and oxygen atoms in total. The highest BCUT2D eigenvalue weighted by molar-refractivity contribution is 5.77. The molecule has 2 aromatic carbocycles. The summed E-state index contributed by atoms with van der Waals surface area (Å²) in [4.78, 5) is 32.4. The van der Waals surface area contributed by atoms with Gasteiger partial charge in [0.05, 0.1) is 11.0 Å². The number of H-pyrrole nitrogens is 1. The van der Waals surface area contributed by atoms with Gasteiger partial charge in [-0.15, -0.1) is 0 Å². The van der Waals surface area contributed by atoms with E-state index in [-0.39, 0.29) is 17.6 Å². The summed E-state index contributed by atoms with van der Waals surface area (Å²) in [5, 5.41) is 0. The molecule has 5 rings (SSSR count). The van der Waals surface area contributed by atoms with Gasteiger partial charge in [-0.2, -0.15) is 0 Å². The van der Waals surface area contributed by atoms with E-state index in [2.05, 4.69) is 22.0 Å². The van der Waals surface area contributed by atoms with E-state index in [1.807, 2.05) is 51.9 Å². The summed E-state index contributed by atoms with van der Waals surface area (Å²) in [6.45, 7) is 3.64. The van der Waals surface area contributed by atoms with Crippen LogP contribution in [0.4, 0.5) is 0 Å². The first-order valence-corrected chi connectivity index (χ1v) is 10.9. The molecule has 0 aliphatic carbocycles. The highest BCUT2D eigenvalue weighted by Crippen LogP contribution is 2.28. The molecule has 2 aliphatic rings. The summed E-state index contributed by atoms with van der Waals surface area (Å²) in [5.41, 5.74) is 3.12. The number of nitrogens with one attached hydrogen (secondary N) is 1. The molecule has 2 fully saturated rings.